The molecule has 0 bridgehead atoms. The van der Waals surface area contributed by atoms with Gasteiger partial charge in [0, 0.05) is 20.1 Å². The van der Waals surface area contributed by atoms with Crippen molar-refractivity contribution in [2.24, 2.45) is 0 Å². The van der Waals surface area contributed by atoms with E-state index in [0.29, 0.717) is 16.0 Å². The SMILES string of the molecule is CN(C[C@@H](O)C(F)(F)F)C(=O)NCCn1c(=O)oc2ccccc21. The molecule has 0 saturated carbocycles. The Labute approximate surface area is 134 Å². The normalized spacial score (nSPS) is 13.0. The van der Waals surface area contributed by atoms with E-state index in [0.717, 1.165) is 7.05 Å². The number of para-hydroxylation sites is 2. The number of halogens is 3. The van der Waals surface area contributed by atoms with Crippen LogP contribution in [-0.2, 0) is 6.54 Å². The van der Waals surface area contributed by atoms with Gasteiger partial charge in [-0.15, -0.1) is 0 Å². The van der Waals surface area contributed by atoms with Gasteiger partial charge in [0.25, 0.3) is 0 Å². The number of urea groups is 1. The number of amides is 2. The molecule has 0 saturated heterocycles. The molecular weight excluding hydrogens is 331 g/mol. The third-order valence-electron chi connectivity index (χ3n) is 3.36. The summed E-state index contributed by atoms with van der Waals surface area (Å²) in [6.45, 7) is -0.782. The fourth-order valence-corrected chi connectivity index (χ4v) is 2.08. The number of aromatic nitrogens is 1. The molecule has 2 N–H and O–H groups in total. The first kappa shape index (κ1) is 17.9. The number of nitrogens with zero attached hydrogens (tertiary/aromatic N) is 2. The zero-order valence-corrected chi connectivity index (χ0v) is 12.7. The third-order valence-corrected chi connectivity index (χ3v) is 3.36. The second kappa shape index (κ2) is 6.95. The number of aliphatic hydroxyl groups excluding tert-OH is 1. The van der Waals surface area contributed by atoms with Crippen molar-refractivity contribution in [3.63, 3.8) is 0 Å². The van der Waals surface area contributed by atoms with E-state index in [-0.39, 0.29) is 13.1 Å². The molecular formula is C14H16F3N3O4. The summed E-state index contributed by atoms with van der Waals surface area (Å²) >= 11 is 0. The number of nitrogens with one attached hydrogen (secondary N) is 1. The number of carbonyl (C=O) groups excluding carboxylic acids is 1. The van der Waals surface area contributed by atoms with E-state index in [1.54, 1.807) is 24.3 Å². The van der Waals surface area contributed by atoms with Crippen LogP contribution in [0.3, 0.4) is 0 Å². The lowest BCUT2D eigenvalue weighted by atomic mass is 10.3. The number of rotatable bonds is 5. The van der Waals surface area contributed by atoms with Crippen LogP contribution in [0.15, 0.2) is 33.5 Å². The first-order valence-corrected chi connectivity index (χ1v) is 7.02. The van der Waals surface area contributed by atoms with Crippen molar-refractivity contribution in [3.8, 4) is 0 Å². The van der Waals surface area contributed by atoms with Crippen molar-refractivity contribution in [1.29, 1.82) is 0 Å². The molecule has 1 aromatic heterocycles. The highest BCUT2D eigenvalue weighted by Crippen LogP contribution is 2.20. The molecule has 0 aliphatic heterocycles. The first-order chi connectivity index (χ1) is 11.2. The van der Waals surface area contributed by atoms with Gasteiger partial charge in [0.05, 0.1) is 12.1 Å². The summed E-state index contributed by atoms with van der Waals surface area (Å²) < 4.78 is 43.1. The number of fused-ring (bicyclic) bond motifs is 1. The monoisotopic (exact) mass is 347 g/mol. The minimum Gasteiger partial charge on any atom is -0.408 e. The largest absolute Gasteiger partial charge is 0.420 e. The summed E-state index contributed by atoms with van der Waals surface area (Å²) in [5.74, 6) is -0.591. The van der Waals surface area contributed by atoms with Gasteiger partial charge in [-0.25, -0.2) is 9.59 Å². The van der Waals surface area contributed by atoms with E-state index in [1.807, 2.05) is 0 Å². The Morgan fingerprint density at radius 1 is 1.42 bits per heavy atom. The zero-order chi connectivity index (χ0) is 17.9. The van der Waals surface area contributed by atoms with E-state index in [4.69, 9.17) is 9.52 Å². The number of carbonyl (C=O) groups is 1. The van der Waals surface area contributed by atoms with Gasteiger partial charge in [0.15, 0.2) is 11.7 Å². The fourth-order valence-electron chi connectivity index (χ4n) is 2.08. The van der Waals surface area contributed by atoms with Crippen LogP contribution in [-0.4, -0.2) is 53.0 Å². The molecule has 132 valence electrons. The van der Waals surface area contributed by atoms with E-state index < -0.39 is 30.6 Å². The van der Waals surface area contributed by atoms with Crippen LogP contribution in [0.2, 0.25) is 0 Å². The molecule has 24 heavy (non-hydrogen) atoms. The maximum atomic E-state index is 12.2. The molecule has 1 atom stereocenters. The molecule has 1 heterocycles. The minimum absolute atomic E-state index is 0.00865. The lowest BCUT2D eigenvalue weighted by Gasteiger charge is -2.22. The summed E-state index contributed by atoms with van der Waals surface area (Å²) in [6, 6.07) is 5.93. The average Bonchev–Trinajstić information content (AvgIpc) is 2.82. The number of benzene rings is 1. The molecule has 0 radical (unpaired) electrons. The maximum Gasteiger partial charge on any atom is 0.420 e. The Bertz CT molecular complexity index is 768. The van der Waals surface area contributed by atoms with E-state index in [9.17, 15) is 22.8 Å². The first-order valence-electron chi connectivity index (χ1n) is 7.02. The number of oxazole rings is 1. The van der Waals surface area contributed by atoms with Crippen LogP contribution in [0.1, 0.15) is 0 Å². The van der Waals surface area contributed by atoms with Gasteiger partial charge in [-0.05, 0) is 12.1 Å². The number of aliphatic hydroxyl groups is 1. The third kappa shape index (κ3) is 4.07. The Hall–Kier alpha value is -2.49. The van der Waals surface area contributed by atoms with E-state index >= 15 is 0 Å². The lowest BCUT2D eigenvalue weighted by Crippen LogP contribution is -2.46. The highest BCUT2D eigenvalue weighted by Gasteiger charge is 2.39. The molecule has 0 fully saturated rings. The van der Waals surface area contributed by atoms with Crippen LogP contribution < -0.4 is 11.1 Å². The predicted octanol–water partition coefficient (Wildman–Crippen LogP) is 1.16. The summed E-state index contributed by atoms with van der Waals surface area (Å²) in [5.41, 5.74) is 0.955. The predicted molar refractivity (Wildman–Crippen MR) is 78.6 cm³/mol. The second-order valence-electron chi connectivity index (χ2n) is 5.16. The van der Waals surface area contributed by atoms with Crippen LogP contribution in [0.5, 0.6) is 0 Å². The van der Waals surface area contributed by atoms with Crippen LogP contribution >= 0.6 is 0 Å². The summed E-state index contributed by atoms with van der Waals surface area (Å²) in [7, 11) is 1.13. The highest BCUT2D eigenvalue weighted by atomic mass is 19.4. The molecule has 10 heteroatoms. The molecule has 0 unspecified atom stereocenters. The number of hydrogen-bond donors (Lipinski definition) is 2. The Kier molecular flexibility index (Phi) is 5.17. The Balaban J connectivity index is 1.90. The molecule has 0 spiro atoms. The van der Waals surface area contributed by atoms with Crippen LogP contribution in [0, 0.1) is 0 Å². The molecule has 7 nitrogen and oxygen atoms in total. The maximum absolute atomic E-state index is 12.2. The molecule has 2 rings (SSSR count). The summed E-state index contributed by atoms with van der Waals surface area (Å²) in [5, 5.41) is 11.3. The molecule has 0 aliphatic rings. The molecule has 2 amide bonds. The van der Waals surface area contributed by atoms with Crippen molar-refractivity contribution in [1.82, 2.24) is 14.8 Å². The van der Waals surface area contributed by atoms with E-state index in [2.05, 4.69) is 5.32 Å². The lowest BCUT2D eigenvalue weighted by molar-refractivity contribution is -0.205. The van der Waals surface area contributed by atoms with Gasteiger partial charge in [-0.3, -0.25) is 4.57 Å². The Morgan fingerprint density at radius 3 is 2.75 bits per heavy atom. The van der Waals surface area contributed by atoms with Crippen LogP contribution in [0.25, 0.3) is 11.1 Å². The Morgan fingerprint density at radius 2 is 2.08 bits per heavy atom. The fraction of sp³-hybridized carbons (Fsp3) is 0.429. The van der Waals surface area contributed by atoms with Gasteiger partial charge in [-0.1, -0.05) is 12.1 Å². The smallest absolute Gasteiger partial charge is 0.408 e. The zero-order valence-electron chi connectivity index (χ0n) is 12.7. The average molecular weight is 347 g/mol. The molecule has 2 aromatic rings. The van der Waals surface area contributed by atoms with Crippen molar-refractivity contribution in [2.45, 2.75) is 18.8 Å². The van der Waals surface area contributed by atoms with Gasteiger partial charge in [0.1, 0.15) is 0 Å². The van der Waals surface area contributed by atoms with Crippen molar-refractivity contribution >= 4 is 17.1 Å². The van der Waals surface area contributed by atoms with Gasteiger partial charge >= 0.3 is 18.0 Å². The van der Waals surface area contributed by atoms with Crippen LogP contribution in [0.4, 0.5) is 18.0 Å². The van der Waals surface area contributed by atoms with Gasteiger partial charge < -0.3 is 19.7 Å². The van der Waals surface area contributed by atoms with Gasteiger partial charge in [-0.2, -0.15) is 13.2 Å². The molecule has 1 aromatic carbocycles. The topological polar surface area (TPSA) is 87.7 Å². The summed E-state index contributed by atoms with van der Waals surface area (Å²) in [4.78, 5) is 24.1. The quantitative estimate of drug-likeness (QED) is 0.850. The van der Waals surface area contributed by atoms with E-state index in [1.165, 1.54) is 4.57 Å². The second-order valence-corrected chi connectivity index (χ2v) is 5.16. The van der Waals surface area contributed by atoms with Gasteiger partial charge in [0.2, 0.25) is 0 Å². The highest BCUT2D eigenvalue weighted by molar-refractivity contribution is 5.74. The molecule has 0 aliphatic carbocycles. The minimum atomic E-state index is -4.79. The number of likely N-dealkylation sites (N-methyl/N-ethyl adjacent to an activating group) is 1. The number of alkyl halides is 3. The van der Waals surface area contributed by atoms with Crippen molar-refractivity contribution < 1.29 is 27.5 Å². The standard InChI is InChI=1S/C14H16F3N3O4/c1-19(8-11(21)14(15,16)17)12(22)18-6-7-20-9-4-2-3-5-10(9)24-13(20)23/h2-5,11,21H,6-8H2,1H3,(H,18,22)/t11-/m1/s1. The summed E-state index contributed by atoms with van der Waals surface area (Å²) in [6.07, 6.45) is -7.41. The van der Waals surface area contributed by atoms with Crippen molar-refractivity contribution in [3.05, 3.63) is 34.8 Å². The number of hydrogen-bond acceptors (Lipinski definition) is 4. The van der Waals surface area contributed by atoms with Crippen molar-refractivity contribution in [2.75, 3.05) is 20.1 Å².